The number of rotatable bonds is 5. The van der Waals surface area contributed by atoms with Crippen LogP contribution in [0, 0.1) is 12.8 Å². The Bertz CT molecular complexity index is 731. The molecule has 3 rings (SSSR count). The number of carbonyl (C=O) groups excluding carboxylic acids is 2. The Balaban J connectivity index is 0.00000117. The molecule has 2 heteroatoms. The van der Waals surface area contributed by atoms with Crippen molar-refractivity contribution in [1.29, 1.82) is 0 Å². The van der Waals surface area contributed by atoms with Gasteiger partial charge in [-0.15, -0.1) is 0 Å². The maximum atomic E-state index is 13.2. The fourth-order valence-electron chi connectivity index (χ4n) is 4.17. The molecule has 0 N–H and O–H groups in total. The van der Waals surface area contributed by atoms with E-state index in [4.69, 9.17) is 0 Å². The molecule has 0 amide bonds. The fraction of sp³-hybridized carbons (Fsp3) is 0.417. The number of hydrogen-bond donors (Lipinski definition) is 0. The standard InChI is InChI=1S/C22H24O2.C2H6/c1-3-20(23)22(18-8-5-4-6-9-18)15-7-10-19(22)21(24)17-13-11-16(2)12-14-17;1-2/h4-6,8-9,11-14,19H,3,7,10,15H2,1-2H3;1-2H3. The largest absolute Gasteiger partial charge is 0.299 e. The second-order valence-electron chi connectivity index (χ2n) is 6.79. The van der Waals surface area contributed by atoms with Crippen molar-refractivity contribution in [2.45, 2.75) is 58.8 Å². The van der Waals surface area contributed by atoms with Crippen molar-refractivity contribution < 1.29 is 9.59 Å². The number of ketones is 2. The van der Waals surface area contributed by atoms with Crippen LogP contribution in [0.25, 0.3) is 0 Å². The van der Waals surface area contributed by atoms with Gasteiger partial charge in [0.2, 0.25) is 0 Å². The van der Waals surface area contributed by atoms with Gasteiger partial charge in [0.05, 0.1) is 5.41 Å². The minimum atomic E-state index is -0.655. The van der Waals surface area contributed by atoms with E-state index in [0.717, 1.165) is 36.0 Å². The first-order chi connectivity index (χ1) is 12.6. The van der Waals surface area contributed by atoms with Crippen molar-refractivity contribution in [1.82, 2.24) is 0 Å². The van der Waals surface area contributed by atoms with E-state index < -0.39 is 5.41 Å². The van der Waals surface area contributed by atoms with Crippen LogP contribution in [0.5, 0.6) is 0 Å². The van der Waals surface area contributed by atoms with E-state index in [0.29, 0.717) is 6.42 Å². The summed E-state index contributed by atoms with van der Waals surface area (Å²) in [5.41, 5.74) is 2.20. The monoisotopic (exact) mass is 350 g/mol. The molecule has 0 heterocycles. The van der Waals surface area contributed by atoms with Crippen molar-refractivity contribution >= 4 is 11.6 Å². The lowest BCUT2D eigenvalue weighted by Gasteiger charge is -2.34. The quantitative estimate of drug-likeness (QED) is 0.627. The van der Waals surface area contributed by atoms with E-state index in [1.165, 1.54) is 0 Å². The molecule has 1 aliphatic carbocycles. The van der Waals surface area contributed by atoms with Gasteiger partial charge in [0.25, 0.3) is 0 Å². The molecule has 0 bridgehead atoms. The van der Waals surface area contributed by atoms with Gasteiger partial charge in [0.1, 0.15) is 5.78 Å². The summed E-state index contributed by atoms with van der Waals surface area (Å²) in [6.45, 7) is 7.91. The van der Waals surface area contributed by atoms with Crippen LogP contribution in [-0.2, 0) is 10.2 Å². The lowest BCUT2D eigenvalue weighted by atomic mass is 9.66. The molecule has 0 aliphatic heterocycles. The van der Waals surface area contributed by atoms with Crippen LogP contribution in [0.3, 0.4) is 0 Å². The average molecular weight is 351 g/mol. The van der Waals surface area contributed by atoms with Gasteiger partial charge in [-0.1, -0.05) is 87.4 Å². The molecule has 2 aromatic rings. The molecule has 2 aromatic carbocycles. The van der Waals surface area contributed by atoms with Crippen molar-refractivity contribution in [3.8, 4) is 0 Å². The van der Waals surface area contributed by atoms with Crippen LogP contribution in [0.15, 0.2) is 54.6 Å². The van der Waals surface area contributed by atoms with Crippen LogP contribution in [-0.4, -0.2) is 11.6 Å². The number of carbonyl (C=O) groups is 2. The second-order valence-corrected chi connectivity index (χ2v) is 6.79. The normalized spacial score (nSPS) is 21.6. The van der Waals surface area contributed by atoms with Crippen molar-refractivity contribution in [3.63, 3.8) is 0 Å². The number of aryl methyl sites for hydroxylation is 1. The molecule has 2 nitrogen and oxygen atoms in total. The Labute approximate surface area is 157 Å². The number of hydrogen-bond acceptors (Lipinski definition) is 2. The van der Waals surface area contributed by atoms with E-state index in [2.05, 4.69) is 0 Å². The summed E-state index contributed by atoms with van der Waals surface area (Å²) in [5.74, 6) is 0.0462. The van der Waals surface area contributed by atoms with Crippen LogP contribution in [0.2, 0.25) is 0 Å². The van der Waals surface area contributed by atoms with Gasteiger partial charge < -0.3 is 0 Å². The van der Waals surface area contributed by atoms with E-state index >= 15 is 0 Å². The summed E-state index contributed by atoms with van der Waals surface area (Å²) >= 11 is 0. The molecule has 1 saturated carbocycles. The molecule has 26 heavy (non-hydrogen) atoms. The zero-order chi connectivity index (χ0) is 19.2. The third-order valence-electron chi connectivity index (χ3n) is 5.42. The highest BCUT2D eigenvalue weighted by Gasteiger charge is 2.51. The maximum Gasteiger partial charge on any atom is 0.167 e. The van der Waals surface area contributed by atoms with Crippen LogP contribution < -0.4 is 0 Å². The first-order valence-electron chi connectivity index (χ1n) is 9.79. The Kier molecular flexibility index (Phi) is 6.90. The van der Waals surface area contributed by atoms with E-state index in [-0.39, 0.29) is 17.5 Å². The first kappa shape index (κ1) is 20.1. The molecule has 0 radical (unpaired) electrons. The molecule has 2 unspecified atom stereocenters. The molecule has 0 aromatic heterocycles. The van der Waals surface area contributed by atoms with E-state index in [1.807, 2.05) is 82.3 Å². The highest BCUT2D eigenvalue weighted by atomic mass is 16.1. The molecule has 2 atom stereocenters. The maximum absolute atomic E-state index is 13.2. The summed E-state index contributed by atoms with van der Waals surface area (Å²) in [7, 11) is 0. The number of benzene rings is 2. The van der Waals surface area contributed by atoms with Gasteiger partial charge in [-0.05, 0) is 25.3 Å². The highest BCUT2D eigenvalue weighted by Crippen LogP contribution is 2.48. The van der Waals surface area contributed by atoms with Gasteiger partial charge in [-0.25, -0.2) is 0 Å². The number of Topliss-reactive ketones (excluding diaryl/α,β-unsaturated/α-hetero) is 2. The summed E-state index contributed by atoms with van der Waals surface area (Å²) in [5, 5.41) is 0. The predicted octanol–water partition coefficient (Wildman–Crippen LogP) is 5.92. The SMILES string of the molecule is CC.CCC(=O)C1(c2ccccc2)CCCC1C(=O)c1ccc(C)cc1. The van der Waals surface area contributed by atoms with Crippen LogP contribution in [0.4, 0.5) is 0 Å². The molecular formula is C24H30O2. The summed E-state index contributed by atoms with van der Waals surface area (Å²) < 4.78 is 0. The van der Waals surface area contributed by atoms with Crippen molar-refractivity contribution in [3.05, 3.63) is 71.3 Å². The zero-order valence-corrected chi connectivity index (χ0v) is 16.4. The molecule has 0 saturated heterocycles. The lowest BCUT2D eigenvalue weighted by Crippen LogP contribution is -2.42. The van der Waals surface area contributed by atoms with Crippen LogP contribution >= 0.6 is 0 Å². The predicted molar refractivity (Wildman–Crippen MR) is 108 cm³/mol. The molecule has 1 fully saturated rings. The van der Waals surface area contributed by atoms with Gasteiger partial charge >= 0.3 is 0 Å². The Morgan fingerprint density at radius 1 is 1.00 bits per heavy atom. The van der Waals surface area contributed by atoms with E-state index in [1.54, 1.807) is 0 Å². The average Bonchev–Trinajstić information content (AvgIpc) is 3.15. The fourth-order valence-corrected chi connectivity index (χ4v) is 4.17. The van der Waals surface area contributed by atoms with E-state index in [9.17, 15) is 9.59 Å². The minimum absolute atomic E-state index is 0.109. The molecule has 138 valence electrons. The highest BCUT2D eigenvalue weighted by molar-refractivity contribution is 6.04. The van der Waals surface area contributed by atoms with Crippen molar-refractivity contribution in [2.24, 2.45) is 5.92 Å². The van der Waals surface area contributed by atoms with Gasteiger partial charge in [0.15, 0.2) is 5.78 Å². The Morgan fingerprint density at radius 3 is 2.19 bits per heavy atom. The third-order valence-corrected chi connectivity index (χ3v) is 5.42. The summed E-state index contributed by atoms with van der Waals surface area (Å²) in [6.07, 6.45) is 2.94. The Morgan fingerprint density at radius 2 is 1.62 bits per heavy atom. The third kappa shape index (κ3) is 3.65. The summed E-state index contributed by atoms with van der Waals surface area (Å²) in [6, 6.07) is 17.6. The second kappa shape index (κ2) is 8.93. The molecule has 1 aliphatic rings. The van der Waals surface area contributed by atoms with Crippen LogP contribution in [0.1, 0.15) is 67.9 Å². The Hall–Kier alpha value is -2.22. The molecule has 0 spiro atoms. The van der Waals surface area contributed by atoms with Gasteiger partial charge in [-0.2, -0.15) is 0 Å². The van der Waals surface area contributed by atoms with Crippen molar-refractivity contribution in [2.75, 3.05) is 0 Å². The topological polar surface area (TPSA) is 34.1 Å². The lowest BCUT2D eigenvalue weighted by molar-refractivity contribution is -0.125. The molecular weight excluding hydrogens is 320 g/mol. The smallest absolute Gasteiger partial charge is 0.167 e. The van der Waals surface area contributed by atoms with Gasteiger partial charge in [0, 0.05) is 17.9 Å². The zero-order valence-electron chi connectivity index (χ0n) is 16.4. The summed E-state index contributed by atoms with van der Waals surface area (Å²) in [4.78, 5) is 26.2. The minimum Gasteiger partial charge on any atom is -0.299 e. The van der Waals surface area contributed by atoms with Gasteiger partial charge in [-0.3, -0.25) is 9.59 Å². The first-order valence-corrected chi connectivity index (χ1v) is 9.79.